The van der Waals surface area contributed by atoms with Gasteiger partial charge in [-0.2, -0.15) is 0 Å². The van der Waals surface area contributed by atoms with Gasteiger partial charge in [0.25, 0.3) is 0 Å². The fourth-order valence-electron chi connectivity index (χ4n) is 2.75. The second kappa shape index (κ2) is 5.43. The van der Waals surface area contributed by atoms with E-state index < -0.39 is 0 Å². The van der Waals surface area contributed by atoms with Gasteiger partial charge < -0.3 is 5.32 Å². The molecule has 0 radical (unpaired) electrons. The van der Waals surface area contributed by atoms with Crippen LogP contribution in [0.3, 0.4) is 0 Å². The maximum absolute atomic E-state index is 6.04. The van der Waals surface area contributed by atoms with E-state index in [1.165, 1.54) is 44.9 Å². The number of nitrogens with one attached hydrogen (secondary N) is 1. The fraction of sp³-hybridized carbons (Fsp3) is 0.714. The Bertz CT molecular complexity index is 412. The van der Waals surface area contributed by atoms with Crippen molar-refractivity contribution in [3.05, 3.63) is 17.0 Å². The molecule has 0 aliphatic heterocycles. The first-order valence-electron chi connectivity index (χ1n) is 7.09. The van der Waals surface area contributed by atoms with Crippen LogP contribution in [-0.2, 0) is 0 Å². The third kappa shape index (κ3) is 3.14. The van der Waals surface area contributed by atoms with Crippen LogP contribution in [0.2, 0.25) is 5.15 Å². The molecule has 4 heteroatoms. The Labute approximate surface area is 113 Å². The van der Waals surface area contributed by atoms with Gasteiger partial charge in [0.15, 0.2) is 0 Å². The third-order valence-corrected chi connectivity index (χ3v) is 4.18. The average Bonchev–Trinajstić information content (AvgIpc) is 3.08. The molecule has 1 heterocycles. The molecule has 98 valence electrons. The zero-order valence-corrected chi connectivity index (χ0v) is 11.4. The van der Waals surface area contributed by atoms with E-state index in [9.17, 15) is 0 Å². The van der Waals surface area contributed by atoms with Crippen LogP contribution in [0.15, 0.2) is 6.07 Å². The number of halogens is 1. The van der Waals surface area contributed by atoms with Crippen molar-refractivity contribution in [2.24, 2.45) is 5.92 Å². The Morgan fingerprint density at radius 2 is 1.94 bits per heavy atom. The maximum atomic E-state index is 6.04. The van der Waals surface area contributed by atoms with Crippen LogP contribution in [0.5, 0.6) is 0 Å². The number of anilines is 1. The van der Waals surface area contributed by atoms with Crippen LogP contribution in [0.4, 0.5) is 5.82 Å². The lowest BCUT2D eigenvalue weighted by Gasteiger charge is -2.11. The summed E-state index contributed by atoms with van der Waals surface area (Å²) in [6.07, 6.45) is 9.30. The van der Waals surface area contributed by atoms with E-state index in [2.05, 4.69) is 15.3 Å². The molecule has 2 saturated carbocycles. The van der Waals surface area contributed by atoms with E-state index in [1.54, 1.807) is 0 Å². The van der Waals surface area contributed by atoms with E-state index in [0.29, 0.717) is 11.1 Å². The zero-order chi connectivity index (χ0) is 12.4. The lowest BCUT2D eigenvalue weighted by Crippen LogP contribution is -2.09. The molecule has 0 amide bonds. The molecule has 0 bridgehead atoms. The van der Waals surface area contributed by atoms with Gasteiger partial charge in [0.1, 0.15) is 16.8 Å². The highest BCUT2D eigenvalue weighted by Crippen LogP contribution is 2.38. The number of hydrogen-bond donors (Lipinski definition) is 1. The molecule has 18 heavy (non-hydrogen) atoms. The minimum atomic E-state index is 0.555. The first-order valence-corrected chi connectivity index (χ1v) is 7.47. The summed E-state index contributed by atoms with van der Waals surface area (Å²) in [5.74, 6) is 3.29. The molecule has 2 fully saturated rings. The highest BCUT2D eigenvalue weighted by molar-refractivity contribution is 6.29. The van der Waals surface area contributed by atoms with Crippen molar-refractivity contribution in [2.75, 3.05) is 11.9 Å². The lowest BCUT2D eigenvalue weighted by atomic mass is 10.0. The smallest absolute Gasteiger partial charge is 0.135 e. The third-order valence-electron chi connectivity index (χ3n) is 3.99. The van der Waals surface area contributed by atoms with Gasteiger partial charge in [-0.25, -0.2) is 9.97 Å². The van der Waals surface area contributed by atoms with Crippen LogP contribution in [-0.4, -0.2) is 16.5 Å². The summed E-state index contributed by atoms with van der Waals surface area (Å²) in [6.45, 7) is 1.00. The van der Waals surface area contributed by atoms with E-state index in [4.69, 9.17) is 11.6 Å². The van der Waals surface area contributed by atoms with Crippen molar-refractivity contribution in [3.8, 4) is 0 Å². The normalized spacial score (nSPS) is 20.3. The first kappa shape index (κ1) is 12.2. The Morgan fingerprint density at radius 3 is 2.67 bits per heavy atom. The monoisotopic (exact) mass is 265 g/mol. The van der Waals surface area contributed by atoms with E-state index in [-0.39, 0.29) is 0 Å². The predicted molar refractivity (Wildman–Crippen MR) is 74.1 cm³/mol. The number of hydrogen-bond acceptors (Lipinski definition) is 3. The summed E-state index contributed by atoms with van der Waals surface area (Å²) < 4.78 is 0. The minimum absolute atomic E-state index is 0.555. The summed E-state index contributed by atoms with van der Waals surface area (Å²) in [5, 5.41) is 3.96. The van der Waals surface area contributed by atoms with Gasteiger partial charge in [-0.3, -0.25) is 0 Å². The maximum Gasteiger partial charge on any atom is 0.135 e. The van der Waals surface area contributed by atoms with E-state index in [0.717, 1.165) is 24.1 Å². The Kier molecular flexibility index (Phi) is 3.69. The second-order valence-corrected chi connectivity index (χ2v) is 5.96. The lowest BCUT2D eigenvalue weighted by molar-refractivity contribution is 0.518. The highest BCUT2D eigenvalue weighted by atomic mass is 35.5. The van der Waals surface area contributed by atoms with Crippen LogP contribution < -0.4 is 5.32 Å². The molecule has 1 aromatic heterocycles. The van der Waals surface area contributed by atoms with Crippen LogP contribution >= 0.6 is 11.6 Å². The van der Waals surface area contributed by atoms with Gasteiger partial charge in [-0.15, -0.1) is 0 Å². The number of aromatic nitrogens is 2. The van der Waals surface area contributed by atoms with E-state index in [1.807, 2.05) is 6.07 Å². The topological polar surface area (TPSA) is 37.8 Å². The molecule has 0 saturated heterocycles. The second-order valence-electron chi connectivity index (χ2n) is 5.57. The van der Waals surface area contributed by atoms with Crippen molar-refractivity contribution >= 4 is 17.4 Å². The molecule has 3 nitrogen and oxygen atoms in total. The SMILES string of the molecule is Clc1cc(NCCC2CCCC2)nc(C2CC2)n1. The minimum Gasteiger partial charge on any atom is -0.370 e. The van der Waals surface area contributed by atoms with Crippen LogP contribution in [0.1, 0.15) is 56.7 Å². The van der Waals surface area contributed by atoms with Crippen molar-refractivity contribution < 1.29 is 0 Å². The van der Waals surface area contributed by atoms with Gasteiger partial charge in [-0.1, -0.05) is 37.3 Å². The summed E-state index contributed by atoms with van der Waals surface area (Å²) in [5.41, 5.74) is 0. The fourth-order valence-corrected chi connectivity index (χ4v) is 2.94. The summed E-state index contributed by atoms with van der Waals surface area (Å²) in [4.78, 5) is 8.85. The van der Waals surface area contributed by atoms with Crippen LogP contribution in [0, 0.1) is 5.92 Å². The number of rotatable bonds is 5. The zero-order valence-electron chi connectivity index (χ0n) is 10.7. The standard InChI is InChI=1S/C14H20ClN3/c15-12-9-13(18-14(17-12)11-5-6-11)16-8-7-10-3-1-2-4-10/h9-11H,1-8H2,(H,16,17,18). The Balaban J connectivity index is 1.54. The van der Waals surface area contributed by atoms with Gasteiger partial charge in [0.05, 0.1) is 0 Å². The van der Waals surface area contributed by atoms with Gasteiger partial charge >= 0.3 is 0 Å². The molecule has 2 aliphatic carbocycles. The largest absolute Gasteiger partial charge is 0.370 e. The summed E-state index contributed by atoms with van der Waals surface area (Å²) in [7, 11) is 0. The van der Waals surface area contributed by atoms with Crippen molar-refractivity contribution in [3.63, 3.8) is 0 Å². The predicted octanol–water partition coefficient (Wildman–Crippen LogP) is 4.00. The van der Waals surface area contributed by atoms with Crippen molar-refractivity contribution in [1.29, 1.82) is 0 Å². The van der Waals surface area contributed by atoms with Crippen molar-refractivity contribution in [2.45, 2.75) is 50.9 Å². The Morgan fingerprint density at radius 1 is 1.17 bits per heavy atom. The molecular formula is C14H20ClN3. The van der Waals surface area contributed by atoms with Gasteiger partial charge in [-0.05, 0) is 25.2 Å². The van der Waals surface area contributed by atoms with Crippen molar-refractivity contribution in [1.82, 2.24) is 9.97 Å². The summed E-state index contributed by atoms with van der Waals surface area (Å²) in [6, 6.07) is 1.84. The highest BCUT2D eigenvalue weighted by Gasteiger charge is 2.27. The average molecular weight is 266 g/mol. The van der Waals surface area contributed by atoms with E-state index >= 15 is 0 Å². The number of nitrogens with zero attached hydrogens (tertiary/aromatic N) is 2. The van der Waals surface area contributed by atoms with Gasteiger partial charge in [0, 0.05) is 18.5 Å². The molecule has 3 rings (SSSR count). The molecule has 1 N–H and O–H groups in total. The summed E-state index contributed by atoms with van der Waals surface area (Å²) >= 11 is 6.04. The molecule has 0 atom stereocenters. The molecule has 0 aromatic carbocycles. The molecule has 2 aliphatic rings. The molecule has 1 aromatic rings. The first-order chi connectivity index (χ1) is 8.81. The molecule has 0 unspecified atom stereocenters. The van der Waals surface area contributed by atoms with Crippen LogP contribution in [0.25, 0.3) is 0 Å². The molecular weight excluding hydrogens is 246 g/mol. The molecule has 0 spiro atoms. The van der Waals surface area contributed by atoms with Gasteiger partial charge in [0.2, 0.25) is 0 Å². The Hall–Kier alpha value is -0.830. The quantitative estimate of drug-likeness (QED) is 0.818.